The van der Waals surface area contributed by atoms with Crippen LogP contribution in [0.15, 0.2) is 194 Å². The maximum absolute atomic E-state index is 13.8. The first-order valence-electron chi connectivity index (χ1n) is 48.7. The van der Waals surface area contributed by atoms with Crippen molar-refractivity contribution in [1.82, 2.24) is 19.6 Å². The summed E-state index contributed by atoms with van der Waals surface area (Å²) in [6.07, 6.45) is 20.1. The molecule has 128 heavy (non-hydrogen) atoms. The number of fused-ring (bicyclic) bond motifs is 8. The number of rotatable bonds is 20. The Balaban J connectivity index is 0.000000120. The van der Waals surface area contributed by atoms with Crippen LogP contribution in [0, 0.1) is 0 Å². The number of carbonyl (C=O) groups excluding carboxylic acids is 8. The Kier molecular flexibility index (Phi) is 25.2. The van der Waals surface area contributed by atoms with Crippen molar-refractivity contribution in [2.75, 3.05) is 72.0 Å². The molecular weight excluding hydrogens is 1590 g/mol. The van der Waals surface area contributed by atoms with Gasteiger partial charge in [-0.2, -0.15) is 0 Å². The van der Waals surface area contributed by atoms with E-state index in [4.69, 9.17) is 0 Å². The van der Waals surface area contributed by atoms with Crippen molar-refractivity contribution >= 4 is 69.5 Å². The molecule has 0 bridgehead atoms. The Bertz CT molecular complexity index is 4900. The van der Waals surface area contributed by atoms with Crippen LogP contribution < -0.4 is 19.6 Å². The first-order chi connectivity index (χ1) is 61.5. The fourth-order valence-corrected chi connectivity index (χ4v) is 25.7. The van der Waals surface area contributed by atoms with Gasteiger partial charge in [-0.3, -0.25) is 58.0 Å². The van der Waals surface area contributed by atoms with Crippen LogP contribution in [0.25, 0.3) is 0 Å². The second-order valence-electron chi connectivity index (χ2n) is 41.0. The number of carbonyl (C=O) groups is 8. The average Bonchev–Trinajstić information content (AvgIpc) is 1.58. The lowest BCUT2D eigenvalue weighted by Crippen LogP contribution is -2.53. The number of Topliss-reactive ketones (excluding diaryl/α,β-unsaturated/α-hetero) is 4. The van der Waals surface area contributed by atoms with Crippen LogP contribution in [0.3, 0.4) is 0 Å². The Labute approximate surface area is 761 Å². The number of aryl methyl sites for hydroxylation is 4. The zero-order valence-electron chi connectivity index (χ0n) is 78.3. The van der Waals surface area contributed by atoms with Crippen molar-refractivity contribution in [3.63, 3.8) is 0 Å². The molecule has 0 saturated carbocycles. The van der Waals surface area contributed by atoms with Gasteiger partial charge in [-0.05, 0) is 249 Å². The van der Waals surface area contributed by atoms with Gasteiger partial charge in [0, 0.05) is 173 Å². The van der Waals surface area contributed by atoms with Crippen LogP contribution >= 0.6 is 0 Å². The zero-order valence-corrected chi connectivity index (χ0v) is 78.3. The minimum Gasteiger partial charge on any atom is -0.308 e. The van der Waals surface area contributed by atoms with E-state index in [1.54, 1.807) is 0 Å². The van der Waals surface area contributed by atoms with Crippen molar-refractivity contribution in [3.8, 4) is 0 Å². The molecular formula is C112H136N8O8. The number of ketones is 4. The predicted octanol–water partition coefficient (Wildman–Crippen LogP) is 19.9. The number of para-hydroxylation sites is 4. The van der Waals surface area contributed by atoms with E-state index in [2.05, 4.69) is 169 Å². The second kappa shape index (κ2) is 35.8. The summed E-state index contributed by atoms with van der Waals surface area (Å²) in [6.45, 7) is 32.9. The summed E-state index contributed by atoms with van der Waals surface area (Å²) in [4.78, 5) is 123. The van der Waals surface area contributed by atoms with Gasteiger partial charge >= 0.3 is 0 Å². The van der Waals surface area contributed by atoms with Crippen molar-refractivity contribution in [1.29, 1.82) is 0 Å². The van der Waals surface area contributed by atoms with E-state index < -0.39 is 21.7 Å². The summed E-state index contributed by atoms with van der Waals surface area (Å²) >= 11 is 0. The van der Waals surface area contributed by atoms with Crippen molar-refractivity contribution in [3.05, 3.63) is 261 Å². The summed E-state index contributed by atoms with van der Waals surface area (Å²) in [6, 6.07) is 68.7. The van der Waals surface area contributed by atoms with E-state index >= 15 is 0 Å². The summed E-state index contributed by atoms with van der Waals surface area (Å²) in [5.74, 6) is 1.04. The van der Waals surface area contributed by atoms with Gasteiger partial charge in [-0.15, -0.1) is 0 Å². The molecule has 672 valence electrons. The highest BCUT2D eigenvalue weighted by Gasteiger charge is 2.57. The number of piperidine rings is 4. The van der Waals surface area contributed by atoms with Crippen LogP contribution in [-0.4, -0.2) is 143 Å². The van der Waals surface area contributed by atoms with E-state index in [0.29, 0.717) is 51.4 Å². The molecule has 0 radical (unpaired) electrons. The summed E-state index contributed by atoms with van der Waals surface area (Å²) < 4.78 is 0. The third-order valence-corrected chi connectivity index (χ3v) is 33.6. The Hall–Kier alpha value is -9.84. The lowest BCUT2D eigenvalue weighted by molar-refractivity contribution is -0.128. The van der Waals surface area contributed by atoms with Gasteiger partial charge in [0.05, 0.1) is 21.7 Å². The lowest BCUT2D eigenvalue weighted by Gasteiger charge is -2.45. The molecule has 16 nitrogen and oxygen atoms in total. The molecule has 8 heterocycles. The Morgan fingerprint density at radius 3 is 0.594 bits per heavy atom. The molecule has 8 aromatic rings. The molecule has 16 heteroatoms. The van der Waals surface area contributed by atoms with Crippen molar-refractivity contribution in [2.45, 2.75) is 305 Å². The third-order valence-electron chi connectivity index (χ3n) is 33.6. The van der Waals surface area contributed by atoms with E-state index in [1.165, 1.54) is 70.2 Å². The summed E-state index contributed by atoms with van der Waals surface area (Å²) in [5, 5.41) is 0. The average molecular weight is 1720 g/mol. The number of hydrogen-bond acceptors (Lipinski definition) is 12. The minimum atomic E-state index is -0.739. The van der Waals surface area contributed by atoms with Crippen LogP contribution in [0.1, 0.15) is 278 Å². The molecule has 4 fully saturated rings. The summed E-state index contributed by atoms with van der Waals surface area (Å²) in [7, 11) is 0. The molecule has 0 aromatic heterocycles. The molecule has 0 spiro atoms. The van der Waals surface area contributed by atoms with Crippen LogP contribution in [0.5, 0.6) is 0 Å². The van der Waals surface area contributed by atoms with Gasteiger partial charge in [0.25, 0.3) is 0 Å². The van der Waals surface area contributed by atoms with Crippen LogP contribution in [0.4, 0.5) is 22.7 Å². The number of benzene rings is 8. The van der Waals surface area contributed by atoms with Gasteiger partial charge in [0.1, 0.15) is 23.1 Å². The fourth-order valence-electron chi connectivity index (χ4n) is 25.7. The van der Waals surface area contributed by atoms with Crippen molar-refractivity contribution < 1.29 is 38.4 Å². The van der Waals surface area contributed by atoms with E-state index in [-0.39, 0.29) is 93.1 Å². The van der Waals surface area contributed by atoms with Gasteiger partial charge in [-0.1, -0.05) is 198 Å². The quantitative estimate of drug-likeness (QED) is 0.0711. The third kappa shape index (κ3) is 15.6. The summed E-state index contributed by atoms with van der Waals surface area (Å²) in [5.41, 5.74) is 17.4. The SMILES string of the molecule is CCC(=O)C[C@@]1(C)C(=O)N(C2CCN([C@@]3(C)CCc4ccccc43)CC2)c2ccccc21.CCC(=O)C[C@@]1(C)C(=O)N(C2CCN([C@@]3(C)CCc4ccccc43)CC2)c2ccccc21.CCC(=O)C[C@]1(C)C(=O)N(C2CCN([C@@]3(C)CCc4ccccc43)CC2)c2ccccc21.CCC(=O)C[C@]1(C)C(=O)N(C2CCN([C@@]3(C)CCc4ccccc43)CC2)c2ccccc21. The maximum Gasteiger partial charge on any atom is 0.238 e. The first kappa shape index (κ1) is 90.1. The van der Waals surface area contributed by atoms with Gasteiger partial charge in [0.15, 0.2) is 0 Å². The number of likely N-dealkylation sites (tertiary alicyclic amines) is 4. The number of anilines is 4. The normalized spacial score (nSPS) is 28.1. The molecule has 8 aliphatic heterocycles. The highest BCUT2D eigenvalue weighted by atomic mass is 16.2. The van der Waals surface area contributed by atoms with E-state index in [9.17, 15) is 38.4 Å². The van der Waals surface area contributed by atoms with E-state index in [1.807, 2.05) is 148 Å². The minimum absolute atomic E-state index is 0.0938. The lowest BCUT2D eigenvalue weighted by atomic mass is 9.79. The molecule has 4 amide bonds. The largest absolute Gasteiger partial charge is 0.308 e. The monoisotopic (exact) mass is 1720 g/mol. The van der Waals surface area contributed by atoms with Gasteiger partial charge in [-0.25, -0.2) is 0 Å². The smallest absolute Gasteiger partial charge is 0.238 e. The molecule has 8 atom stereocenters. The highest BCUT2D eigenvalue weighted by Crippen LogP contribution is 2.55. The zero-order chi connectivity index (χ0) is 90.0. The number of nitrogens with zero attached hydrogens (tertiary/aromatic N) is 8. The molecule has 0 N–H and O–H groups in total. The second-order valence-corrected chi connectivity index (χ2v) is 41.0. The molecule has 0 unspecified atom stereocenters. The Morgan fingerprint density at radius 1 is 0.250 bits per heavy atom. The molecule has 4 aliphatic carbocycles. The van der Waals surface area contributed by atoms with Crippen LogP contribution in [-0.2, 0) is 108 Å². The number of hydrogen-bond donors (Lipinski definition) is 0. The topological polar surface area (TPSA) is 162 Å². The molecule has 20 rings (SSSR count). The molecule has 12 aliphatic rings. The van der Waals surface area contributed by atoms with Crippen LogP contribution in [0.2, 0.25) is 0 Å². The Morgan fingerprint density at radius 2 is 0.414 bits per heavy atom. The number of amides is 4. The van der Waals surface area contributed by atoms with Gasteiger partial charge < -0.3 is 19.6 Å². The molecule has 4 saturated heterocycles. The standard InChI is InChI=1S/4C28H34N2O2/c4*1-4-22(31)19-27(2)24-11-7-8-12-25(24)30(26(27)32)21-14-17-29(18-15-21)28(3)16-13-20-9-5-6-10-23(20)28/h4*5-12,21H,4,13-19H2,1-3H3/t2*27-,28+;2*27-,28-/m1100/s1. The predicted molar refractivity (Wildman–Crippen MR) is 512 cm³/mol. The van der Waals surface area contributed by atoms with E-state index in [0.717, 1.165) is 174 Å². The molecule has 8 aromatic carbocycles. The fraction of sp³-hybridized carbons (Fsp3) is 0.500. The van der Waals surface area contributed by atoms with Crippen molar-refractivity contribution in [2.24, 2.45) is 0 Å². The first-order valence-corrected chi connectivity index (χ1v) is 48.7. The van der Waals surface area contributed by atoms with Gasteiger partial charge in [0.2, 0.25) is 23.6 Å². The highest BCUT2D eigenvalue weighted by molar-refractivity contribution is 6.13. The maximum atomic E-state index is 13.8.